The molecule has 0 spiro atoms. The lowest BCUT2D eigenvalue weighted by atomic mass is 10.4. The molecule has 112 valence electrons. The minimum Gasteiger partial charge on any atom is -0.353 e. The molecule has 0 heterocycles. The minimum atomic E-state index is -3.69. The maximum atomic E-state index is 12.5. The maximum Gasteiger partial charge on any atom is 0.244 e. The Morgan fingerprint density at radius 2 is 1.95 bits per heavy atom. The van der Waals surface area contributed by atoms with Gasteiger partial charge in [0.1, 0.15) is 0 Å². The van der Waals surface area contributed by atoms with Gasteiger partial charge in [-0.05, 0) is 41.9 Å². The first-order valence-corrected chi connectivity index (χ1v) is 8.56. The van der Waals surface area contributed by atoms with E-state index in [4.69, 9.17) is 0 Å². The summed E-state index contributed by atoms with van der Waals surface area (Å²) in [5.74, 6) is -0.308. The number of nitrogens with zero attached hydrogens (tertiary/aromatic N) is 1. The number of carbonyl (C=O) groups excluding carboxylic acids is 1. The van der Waals surface area contributed by atoms with Gasteiger partial charge < -0.3 is 5.32 Å². The fraction of sp³-hybridized carbons (Fsp3) is 0.462. The molecule has 0 atom stereocenters. The summed E-state index contributed by atoms with van der Waals surface area (Å²) in [7, 11) is -3.69. The Kier molecular flexibility index (Phi) is 6.16. The van der Waals surface area contributed by atoms with E-state index in [1.807, 2.05) is 13.8 Å². The molecule has 1 aromatic carbocycles. The molecule has 20 heavy (non-hydrogen) atoms. The third kappa shape index (κ3) is 4.29. The smallest absolute Gasteiger partial charge is 0.244 e. The van der Waals surface area contributed by atoms with E-state index >= 15 is 0 Å². The Hall–Kier alpha value is -0.920. The van der Waals surface area contributed by atoms with Crippen LogP contribution >= 0.6 is 15.9 Å². The van der Waals surface area contributed by atoms with Gasteiger partial charge in [-0.25, -0.2) is 8.42 Å². The van der Waals surface area contributed by atoms with Crippen LogP contribution in [0.25, 0.3) is 0 Å². The van der Waals surface area contributed by atoms with Gasteiger partial charge >= 0.3 is 0 Å². The number of nitrogens with one attached hydrogen (secondary N) is 1. The van der Waals surface area contributed by atoms with Crippen molar-refractivity contribution in [3.05, 3.63) is 28.7 Å². The van der Waals surface area contributed by atoms with Gasteiger partial charge in [0.05, 0.1) is 11.4 Å². The highest BCUT2D eigenvalue weighted by molar-refractivity contribution is 9.10. The van der Waals surface area contributed by atoms with E-state index in [1.54, 1.807) is 25.1 Å². The van der Waals surface area contributed by atoms with E-state index in [0.29, 0.717) is 4.47 Å². The lowest BCUT2D eigenvalue weighted by Crippen LogP contribution is -2.42. The standard InChI is InChI=1S/C13H19BrN2O3S/c1-4-16(9-13(17)15-10(2)3)20(18,19)12-8-6-5-7-11(12)14/h5-8,10H,4,9H2,1-3H3,(H,15,17). The molecule has 1 aromatic rings. The van der Waals surface area contributed by atoms with Gasteiger partial charge in [-0.15, -0.1) is 0 Å². The Morgan fingerprint density at radius 1 is 1.35 bits per heavy atom. The number of benzene rings is 1. The van der Waals surface area contributed by atoms with Crippen molar-refractivity contribution >= 4 is 31.9 Å². The van der Waals surface area contributed by atoms with Crippen LogP contribution in [0.2, 0.25) is 0 Å². The van der Waals surface area contributed by atoms with E-state index in [-0.39, 0.29) is 29.9 Å². The zero-order valence-electron chi connectivity index (χ0n) is 11.8. The van der Waals surface area contributed by atoms with Crippen molar-refractivity contribution in [2.75, 3.05) is 13.1 Å². The number of hydrogen-bond acceptors (Lipinski definition) is 3. The summed E-state index contributed by atoms with van der Waals surface area (Å²) in [4.78, 5) is 11.9. The minimum absolute atomic E-state index is 0.0210. The van der Waals surface area contributed by atoms with Gasteiger partial charge in [-0.3, -0.25) is 4.79 Å². The molecule has 0 saturated heterocycles. The molecule has 0 saturated carbocycles. The Bertz CT molecular complexity index is 573. The monoisotopic (exact) mass is 362 g/mol. The average Bonchev–Trinajstić information content (AvgIpc) is 2.35. The molecule has 0 unspecified atom stereocenters. The van der Waals surface area contributed by atoms with Crippen molar-refractivity contribution < 1.29 is 13.2 Å². The quantitative estimate of drug-likeness (QED) is 0.841. The SMILES string of the molecule is CCN(CC(=O)NC(C)C)S(=O)(=O)c1ccccc1Br. The topological polar surface area (TPSA) is 66.5 Å². The fourth-order valence-electron chi connectivity index (χ4n) is 1.69. The summed E-state index contributed by atoms with van der Waals surface area (Å²) in [6, 6.07) is 6.55. The molecule has 1 N–H and O–H groups in total. The third-order valence-electron chi connectivity index (χ3n) is 2.58. The third-order valence-corrected chi connectivity index (χ3v) is 5.51. The first kappa shape index (κ1) is 17.1. The van der Waals surface area contributed by atoms with Crippen LogP contribution < -0.4 is 5.32 Å². The number of likely N-dealkylation sites (N-methyl/N-ethyl adjacent to an activating group) is 1. The van der Waals surface area contributed by atoms with Crippen LogP contribution in [0.3, 0.4) is 0 Å². The predicted octanol–water partition coefficient (Wildman–Crippen LogP) is 1.98. The van der Waals surface area contributed by atoms with Crippen LogP contribution in [0.5, 0.6) is 0 Å². The van der Waals surface area contributed by atoms with Crippen LogP contribution in [0.1, 0.15) is 20.8 Å². The van der Waals surface area contributed by atoms with Gasteiger partial charge in [0.25, 0.3) is 0 Å². The number of amides is 1. The lowest BCUT2D eigenvalue weighted by Gasteiger charge is -2.21. The average molecular weight is 363 g/mol. The molecule has 7 heteroatoms. The number of halogens is 1. The molecular weight excluding hydrogens is 344 g/mol. The molecular formula is C13H19BrN2O3S. The van der Waals surface area contributed by atoms with E-state index in [9.17, 15) is 13.2 Å². The van der Waals surface area contributed by atoms with Crippen LogP contribution in [0.15, 0.2) is 33.6 Å². The highest BCUT2D eigenvalue weighted by Gasteiger charge is 2.26. The van der Waals surface area contributed by atoms with Crippen LogP contribution in [-0.4, -0.2) is 37.8 Å². The van der Waals surface area contributed by atoms with Gasteiger partial charge in [-0.2, -0.15) is 4.31 Å². The summed E-state index contributed by atoms with van der Waals surface area (Å²) in [5, 5.41) is 2.69. The molecule has 1 rings (SSSR count). The normalized spacial score (nSPS) is 11.9. The molecule has 0 aliphatic rings. The first-order valence-electron chi connectivity index (χ1n) is 6.33. The van der Waals surface area contributed by atoms with Gasteiger partial charge in [0.15, 0.2) is 0 Å². The summed E-state index contributed by atoms with van der Waals surface area (Å²) in [6.45, 7) is 5.41. The first-order chi connectivity index (χ1) is 9.28. The highest BCUT2D eigenvalue weighted by atomic mass is 79.9. The van der Waals surface area contributed by atoms with Gasteiger partial charge in [0.2, 0.25) is 15.9 Å². The van der Waals surface area contributed by atoms with Crippen molar-refractivity contribution in [3.8, 4) is 0 Å². The van der Waals surface area contributed by atoms with Crippen molar-refractivity contribution in [1.29, 1.82) is 0 Å². The largest absolute Gasteiger partial charge is 0.353 e. The molecule has 0 aliphatic heterocycles. The van der Waals surface area contributed by atoms with Crippen molar-refractivity contribution in [2.45, 2.75) is 31.7 Å². The van der Waals surface area contributed by atoms with Crippen molar-refractivity contribution in [2.24, 2.45) is 0 Å². The van der Waals surface area contributed by atoms with E-state index < -0.39 is 10.0 Å². The molecule has 5 nitrogen and oxygen atoms in total. The highest BCUT2D eigenvalue weighted by Crippen LogP contribution is 2.24. The number of rotatable bonds is 6. The summed E-state index contributed by atoms with van der Waals surface area (Å²) in [6.07, 6.45) is 0. The second-order valence-corrected chi connectivity index (χ2v) is 7.34. The number of hydrogen-bond donors (Lipinski definition) is 1. The second-order valence-electron chi connectivity index (χ2n) is 4.58. The fourth-order valence-corrected chi connectivity index (χ4v) is 4.06. The molecule has 0 bridgehead atoms. The molecule has 0 aromatic heterocycles. The Balaban J connectivity index is 3.00. The van der Waals surface area contributed by atoms with Crippen LogP contribution in [0.4, 0.5) is 0 Å². The van der Waals surface area contributed by atoms with Crippen molar-refractivity contribution in [3.63, 3.8) is 0 Å². The zero-order valence-corrected chi connectivity index (χ0v) is 14.2. The lowest BCUT2D eigenvalue weighted by molar-refractivity contribution is -0.121. The Morgan fingerprint density at radius 3 is 2.45 bits per heavy atom. The second kappa shape index (κ2) is 7.19. The number of carbonyl (C=O) groups is 1. The summed E-state index contributed by atoms with van der Waals surface area (Å²) < 4.78 is 26.7. The Labute approximate surface area is 128 Å². The number of sulfonamides is 1. The molecule has 1 amide bonds. The predicted molar refractivity (Wildman–Crippen MR) is 81.9 cm³/mol. The van der Waals surface area contributed by atoms with Gasteiger partial charge in [-0.1, -0.05) is 19.1 Å². The zero-order chi connectivity index (χ0) is 15.3. The van der Waals surface area contributed by atoms with E-state index in [1.165, 1.54) is 6.07 Å². The molecule has 0 aliphatic carbocycles. The summed E-state index contributed by atoms with van der Waals surface area (Å²) in [5.41, 5.74) is 0. The summed E-state index contributed by atoms with van der Waals surface area (Å²) >= 11 is 3.23. The van der Waals surface area contributed by atoms with Crippen LogP contribution in [0, 0.1) is 0 Å². The molecule has 0 fully saturated rings. The maximum absolute atomic E-state index is 12.5. The molecule has 0 radical (unpaired) electrons. The van der Waals surface area contributed by atoms with Crippen LogP contribution in [-0.2, 0) is 14.8 Å². The van der Waals surface area contributed by atoms with Gasteiger partial charge in [0, 0.05) is 17.1 Å². The van der Waals surface area contributed by atoms with E-state index in [0.717, 1.165) is 4.31 Å². The van der Waals surface area contributed by atoms with Crippen molar-refractivity contribution in [1.82, 2.24) is 9.62 Å². The van der Waals surface area contributed by atoms with E-state index in [2.05, 4.69) is 21.2 Å².